The molecule has 13 heteroatoms. The lowest BCUT2D eigenvalue weighted by atomic mass is 10.2. The van der Waals surface area contributed by atoms with Gasteiger partial charge in [0.2, 0.25) is 11.6 Å². The van der Waals surface area contributed by atoms with Gasteiger partial charge < -0.3 is 13.9 Å². The molecule has 202 valence electrons. The molecule has 0 N–H and O–H groups in total. The molecule has 40 heavy (non-hydrogen) atoms. The van der Waals surface area contributed by atoms with Crippen molar-refractivity contribution < 1.29 is 23.6 Å². The first-order valence-corrected chi connectivity index (χ1v) is 12.8. The van der Waals surface area contributed by atoms with Gasteiger partial charge in [0.25, 0.3) is 5.56 Å². The van der Waals surface area contributed by atoms with Crippen LogP contribution in [0.25, 0.3) is 33.5 Å². The lowest BCUT2D eigenvalue weighted by Crippen LogP contribution is -2.26. The maximum absolute atomic E-state index is 13.6. The van der Waals surface area contributed by atoms with E-state index >= 15 is 0 Å². The topological polar surface area (TPSA) is 139 Å². The molecule has 3 aromatic carbocycles. The van der Waals surface area contributed by atoms with Crippen molar-refractivity contribution in [2.75, 3.05) is 7.11 Å². The second-order valence-corrected chi connectivity index (χ2v) is 9.84. The van der Waals surface area contributed by atoms with E-state index in [2.05, 4.69) is 30.8 Å². The number of ether oxygens (including phenoxy) is 2. The zero-order valence-corrected chi connectivity index (χ0v) is 23.2. The molecule has 0 unspecified atom stereocenters. The Kier molecular flexibility index (Phi) is 7.37. The van der Waals surface area contributed by atoms with Crippen LogP contribution < -0.4 is 10.3 Å². The molecule has 2 aromatic heterocycles. The number of furan rings is 1. The summed E-state index contributed by atoms with van der Waals surface area (Å²) in [5.41, 5.74) is 0.00525. The molecule has 0 fully saturated rings. The highest BCUT2D eigenvalue weighted by atomic mass is 79.9. The van der Waals surface area contributed by atoms with Crippen molar-refractivity contribution in [3.8, 4) is 17.3 Å². The Morgan fingerprint density at radius 2 is 2.00 bits per heavy atom. The van der Waals surface area contributed by atoms with Gasteiger partial charge in [-0.2, -0.15) is 9.78 Å². The van der Waals surface area contributed by atoms with Crippen LogP contribution in [-0.4, -0.2) is 40.0 Å². The highest BCUT2D eigenvalue weighted by Crippen LogP contribution is 2.35. The standard InChI is InChI=1S/C27H18BrClN4O7/c1-14(27(35)38-2)39-24-16(10-18(29)12-21(24)33(36)37)13-30-32-25(31-20-6-4-3-5-19(20)26(32)34)23-11-15-9-17(28)7-8-22(15)40-23/h3-14H,1-2H3/t14-/m1/s1. The number of rotatable bonds is 7. The smallest absolute Gasteiger partial charge is 0.346 e. The van der Waals surface area contributed by atoms with Crippen LogP contribution in [0.2, 0.25) is 5.02 Å². The van der Waals surface area contributed by atoms with Crippen molar-refractivity contribution in [1.82, 2.24) is 9.66 Å². The van der Waals surface area contributed by atoms with Crippen LogP contribution in [0, 0.1) is 10.1 Å². The van der Waals surface area contributed by atoms with Gasteiger partial charge in [-0.05, 0) is 49.4 Å². The molecule has 0 aliphatic rings. The highest BCUT2D eigenvalue weighted by molar-refractivity contribution is 9.10. The van der Waals surface area contributed by atoms with Gasteiger partial charge >= 0.3 is 11.7 Å². The second kappa shape index (κ2) is 10.9. The third kappa shape index (κ3) is 5.18. The predicted octanol–water partition coefficient (Wildman–Crippen LogP) is 5.96. The van der Waals surface area contributed by atoms with Gasteiger partial charge in [0.05, 0.1) is 29.2 Å². The number of nitro benzene ring substituents is 1. The van der Waals surface area contributed by atoms with Crippen LogP contribution in [0.5, 0.6) is 5.75 Å². The molecule has 2 heterocycles. The molecule has 0 saturated heterocycles. The molecule has 5 aromatic rings. The summed E-state index contributed by atoms with van der Waals surface area (Å²) in [5, 5.41) is 17.2. The maximum Gasteiger partial charge on any atom is 0.346 e. The van der Waals surface area contributed by atoms with Crippen molar-refractivity contribution in [2.45, 2.75) is 13.0 Å². The first-order valence-electron chi connectivity index (χ1n) is 11.6. The largest absolute Gasteiger partial charge is 0.471 e. The minimum absolute atomic E-state index is 0.0123. The van der Waals surface area contributed by atoms with Crippen LogP contribution in [-0.2, 0) is 9.53 Å². The Morgan fingerprint density at radius 3 is 2.75 bits per heavy atom. The number of carbonyl (C=O) groups excluding carboxylic acids is 1. The van der Waals surface area contributed by atoms with Gasteiger partial charge in [-0.25, -0.2) is 9.78 Å². The average Bonchev–Trinajstić information content (AvgIpc) is 3.35. The van der Waals surface area contributed by atoms with Crippen molar-refractivity contribution >= 4 is 67.3 Å². The Morgan fingerprint density at radius 1 is 1.23 bits per heavy atom. The second-order valence-electron chi connectivity index (χ2n) is 8.49. The van der Waals surface area contributed by atoms with E-state index in [1.165, 1.54) is 19.2 Å². The summed E-state index contributed by atoms with van der Waals surface area (Å²) >= 11 is 9.59. The molecular formula is C27H18BrClN4O7. The number of aromatic nitrogens is 2. The SMILES string of the molecule is COC(=O)[C@@H](C)Oc1c(C=Nn2c(-c3cc4cc(Br)ccc4o3)nc3ccccc3c2=O)cc(Cl)cc1[N+](=O)[O-]. The lowest BCUT2D eigenvalue weighted by Gasteiger charge is -2.15. The first kappa shape index (κ1) is 27.0. The number of esters is 1. The molecule has 5 rings (SSSR count). The van der Waals surface area contributed by atoms with Gasteiger partial charge in [-0.15, -0.1) is 0 Å². The number of halogens is 2. The summed E-state index contributed by atoms with van der Waals surface area (Å²) in [6.07, 6.45) is -0.0220. The summed E-state index contributed by atoms with van der Waals surface area (Å²) in [5.74, 6) is -0.677. The molecule has 0 aliphatic heterocycles. The molecule has 0 spiro atoms. The molecule has 1 atom stereocenters. The van der Waals surface area contributed by atoms with E-state index in [0.717, 1.165) is 27.7 Å². The summed E-state index contributed by atoms with van der Waals surface area (Å²) in [7, 11) is 1.16. The highest BCUT2D eigenvalue weighted by Gasteiger charge is 2.26. The Balaban J connectivity index is 1.71. The minimum atomic E-state index is -1.19. The Bertz CT molecular complexity index is 1900. The Hall–Kier alpha value is -4.55. The summed E-state index contributed by atoms with van der Waals surface area (Å²) in [6.45, 7) is 1.38. The number of nitrogens with zero attached hydrogens (tertiary/aromatic N) is 4. The normalized spacial score (nSPS) is 12.2. The number of para-hydroxylation sites is 1. The predicted molar refractivity (Wildman–Crippen MR) is 152 cm³/mol. The van der Waals surface area contributed by atoms with Crippen molar-refractivity contribution in [3.05, 3.63) is 96.2 Å². The van der Waals surface area contributed by atoms with E-state index < -0.39 is 28.2 Å². The van der Waals surface area contributed by atoms with Crippen LogP contribution in [0.3, 0.4) is 0 Å². The average molecular weight is 626 g/mol. The van der Waals surface area contributed by atoms with Crippen LogP contribution in [0.4, 0.5) is 5.69 Å². The van der Waals surface area contributed by atoms with E-state index in [9.17, 15) is 19.7 Å². The van der Waals surface area contributed by atoms with Crippen LogP contribution in [0.1, 0.15) is 12.5 Å². The molecule has 0 amide bonds. The van der Waals surface area contributed by atoms with E-state index in [1.54, 1.807) is 36.4 Å². The fraction of sp³-hybridized carbons (Fsp3) is 0.111. The third-order valence-corrected chi connectivity index (χ3v) is 6.56. The zero-order chi connectivity index (χ0) is 28.6. The monoisotopic (exact) mass is 624 g/mol. The van der Waals surface area contributed by atoms with Gasteiger partial charge in [-0.1, -0.05) is 39.7 Å². The summed E-state index contributed by atoms with van der Waals surface area (Å²) in [6, 6.07) is 16.3. The summed E-state index contributed by atoms with van der Waals surface area (Å²) < 4.78 is 18.1. The number of nitro groups is 1. The zero-order valence-electron chi connectivity index (χ0n) is 20.8. The van der Waals surface area contributed by atoms with Crippen molar-refractivity contribution in [1.29, 1.82) is 0 Å². The van der Waals surface area contributed by atoms with Gasteiger partial charge in [0.1, 0.15) is 5.58 Å². The number of fused-ring (bicyclic) bond motifs is 2. The number of carbonyl (C=O) groups is 1. The van der Waals surface area contributed by atoms with E-state index in [1.807, 2.05) is 12.1 Å². The summed E-state index contributed by atoms with van der Waals surface area (Å²) in [4.78, 5) is 41.3. The van der Waals surface area contributed by atoms with Crippen molar-refractivity contribution in [3.63, 3.8) is 0 Å². The Labute approximate surface area is 238 Å². The van der Waals surface area contributed by atoms with Gasteiger partial charge in [0.15, 0.2) is 11.9 Å². The van der Waals surface area contributed by atoms with E-state index in [0.29, 0.717) is 11.1 Å². The van der Waals surface area contributed by atoms with Crippen molar-refractivity contribution in [2.24, 2.45) is 5.10 Å². The number of hydrogen-bond donors (Lipinski definition) is 0. The minimum Gasteiger partial charge on any atom is -0.471 e. The number of hydrogen-bond acceptors (Lipinski definition) is 9. The molecule has 11 nitrogen and oxygen atoms in total. The first-order chi connectivity index (χ1) is 19.2. The third-order valence-electron chi connectivity index (χ3n) is 5.85. The molecule has 0 bridgehead atoms. The van der Waals surface area contributed by atoms with Crippen LogP contribution in [0.15, 0.2) is 79.4 Å². The van der Waals surface area contributed by atoms with E-state index in [-0.39, 0.29) is 33.3 Å². The van der Waals surface area contributed by atoms with Crippen LogP contribution >= 0.6 is 27.5 Å². The quantitative estimate of drug-likeness (QED) is 0.0935. The maximum atomic E-state index is 13.6. The fourth-order valence-corrected chi connectivity index (χ4v) is 4.58. The molecule has 0 radical (unpaired) electrons. The molecular weight excluding hydrogens is 608 g/mol. The van der Waals surface area contributed by atoms with E-state index in [4.69, 9.17) is 20.8 Å². The molecule has 0 aliphatic carbocycles. The van der Waals surface area contributed by atoms with Gasteiger partial charge in [-0.3, -0.25) is 14.9 Å². The fourth-order valence-electron chi connectivity index (χ4n) is 3.99. The molecule has 0 saturated carbocycles. The lowest BCUT2D eigenvalue weighted by molar-refractivity contribution is -0.386. The van der Waals surface area contributed by atoms with Gasteiger partial charge in [0, 0.05) is 26.5 Å². The number of methoxy groups -OCH3 is 1. The number of benzene rings is 3.